The number of hydrogen-bond donors (Lipinski definition) is 2. The molecular weight excluding hydrogens is 328 g/mol. The molecule has 0 saturated heterocycles. The van der Waals surface area contributed by atoms with E-state index in [0.717, 1.165) is 31.8 Å². The quantitative estimate of drug-likeness (QED) is 0.744. The summed E-state index contributed by atoms with van der Waals surface area (Å²) < 4.78 is 0. The van der Waals surface area contributed by atoms with Gasteiger partial charge in [0, 0.05) is 17.9 Å². The molecule has 0 heterocycles. The monoisotopic (exact) mass is 356 g/mol. The Bertz CT molecular complexity index is 736. The summed E-state index contributed by atoms with van der Waals surface area (Å²) in [6.07, 6.45) is 11.3. The zero-order valence-electron chi connectivity index (χ0n) is 15.4. The fraction of sp³-hybridized carbons (Fsp3) is 0.727. The van der Waals surface area contributed by atoms with Gasteiger partial charge in [-0.05, 0) is 86.2 Å². The van der Waals surface area contributed by atoms with Crippen molar-refractivity contribution in [3.8, 4) is 0 Å². The van der Waals surface area contributed by atoms with Crippen LogP contribution in [-0.4, -0.2) is 27.6 Å². The van der Waals surface area contributed by atoms with Gasteiger partial charge in [-0.2, -0.15) is 0 Å². The van der Waals surface area contributed by atoms with Crippen molar-refractivity contribution in [1.82, 2.24) is 0 Å². The maximum absolute atomic E-state index is 11.9. The summed E-state index contributed by atoms with van der Waals surface area (Å²) in [5, 5.41) is 20.4. The van der Waals surface area contributed by atoms with Crippen molar-refractivity contribution in [2.45, 2.75) is 57.5 Å². The molecule has 26 heavy (non-hydrogen) atoms. The molecule has 140 valence electrons. The second-order valence-corrected chi connectivity index (χ2v) is 9.70. The second-order valence-electron chi connectivity index (χ2n) is 9.70. The average Bonchev–Trinajstić information content (AvgIpc) is 3.35. The Morgan fingerprint density at radius 1 is 1.19 bits per heavy atom. The largest absolute Gasteiger partial charge is 0.478 e. The van der Waals surface area contributed by atoms with Crippen LogP contribution in [0.2, 0.25) is 0 Å². The Morgan fingerprint density at radius 3 is 2.77 bits per heavy atom. The molecule has 0 spiro atoms. The summed E-state index contributed by atoms with van der Waals surface area (Å²) in [6.45, 7) is 2.19. The predicted octanol–water partition coefficient (Wildman–Crippen LogP) is 3.36. The van der Waals surface area contributed by atoms with E-state index in [1.807, 2.05) is 6.08 Å². The van der Waals surface area contributed by atoms with Crippen LogP contribution in [0.1, 0.15) is 51.9 Å². The average molecular weight is 356 g/mol. The molecule has 4 heteroatoms. The lowest BCUT2D eigenvalue weighted by atomic mass is 9.50. The number of rotatable bonds is 2. The first-order valence-corrected chi connectivity index (χ1v) is 10.2. The first-order valence-electron chi connectivity index (χ1n) is 10.2. The number of carboxylic acids is 1. The number of aliphatic hydroxyl groups is 1. The van der Waals surface area contributed by atoms with Gasteiger partial charge in [0.2, 0.25) is 0 Å². The minimum absolute atomic E-state index is 0.223. The van der Waals surface area contributed by atoms with Gasteiger partial charge in [-0.25, -0.2) is 4.79 Å². The molecular formula is C22H28O4. The van der Waals surface area contributed by atoms with Crippen LogP contribution in [0.5, 0.6) is 0 Å². The highest BCUT2D eigenvalue weighted by Gasteiger charge is 2.67. The van der Waals surface area contributed by atoms with Crippen molar-refractivity contribution in [1.29, 1.82) is 0 Å². The highest BCUT2D eigenvalue weighted by Crippen LogP contribution is 2.72. The Hall–Kier alpha value is -1.42. The van der Waals surface area contributed by atoms with Gasteiger partial charge < -0.3 is 10.2 Å². The standard InChI is InChI=1S/C22H28O4/c1-21-7-4-14-13-3-2-12(23)10-15(13)16-11-17(16)20(14)18(21)5-8-22(21,26)9-6-19(24)25/h6,9-10,13-14,16-18,20,26H,2-5,7-8,11H2,1H3,(H,24,25)/b9-6-/t13-,14-,16-,17-,18+,20+,21+,22-/m1/s1. The third kappa shape index (κ3) is 2.11. The Labute approximate surface area is 154 Å². The van der Waals surface area contributed by atoms with Crippen LogP contribution in [0.3, 0.4) is 0 Å². The van der Waals surface area contributed by atoms with E-state index in [2.05, 4.69) is 6.92 Å². The first-order chi connectivity index (χ1) is 12.3. The van der Waals surface area contributed by atoms with Gasteiger partial charge >= 0.3 is 5.97 Å². The van der Waals surface area contributed by atoms with Crippen molar-refractivity contribution >= 4 is 11.8 Å². The molecule has 0 amide bonds. The van der Waals surface area contributed by atoms with E-state index in [9.17, 15) is 14.7 Å². The van der Waals surface area contributed by atoms with Gasteiger partial charge in [0.25, 0.3) is 0 Å². The van der Waals surface area contributed by atoms with E-state index in [1.54, 1.807) is 6.08 Å². The number of allylic oxidation sites excluding steroid dienone is 1. The summed E-state index contributed by atoms with van der Waals surface area (Å²) in [5.74, 6) is 2.96. The first kappa shape index (κ1) is 16.7. The second kappa shape index (κ2) is 5.31. The molecule has 0 aromatic heterocycles. The molecule has 0 aromatic rings. The van der Waals surface area contributed by atoms with E-state index < -0.39 is 11.6 Å². The lowest BCUT2D eigenvalue weighted by molar-refractivity contribution is -0.132. The highest BCUT2D eigenvalue weighted by molar-refractivity contribution is 5.91. The number of hydrogen-bond acceptors (Lipinski definition) is 3. The minimum Gasteiger partial charge on any atom is -0.478 e. The van der Waals surface area contributed by atoms with Crippen LogP contribution >= 0.6 is 0 Å². The summed E-state index contributed by atoms with van der Waals surface area (Å²) in [5.41, 5.74) is 0.235. The molecule has 4 fully saturated rings. The summed E-state index contributed by atoms with van der Waals surface area (Å²) in [6, 6.07) is 0. The number of fused-ring (bicyclic) bond motifs is 8. The maximum Gasteiger partial charge on any atom is 0.328 e. The molecule has 5 aliphatic carbocycles. The zero-order chi connectivity index (χ0) is 18.3. The van der Waals surface area contributed by atoms with Crippen LogP contribution in [-0.2, 0) is 9.59 Å². The minimum atomic E-state index is -0.996. The van der Waals surface area contributed by atoms with Gasteiger partial charge in [-0.3, -0.25) is 4.79 Å². The molecule has 8 atom stereocenters. The molecule has 4 saturated carbocycles. The van der Waals surface area contributed by atoms with Gasteiger partial charge in [-0.1, -0.05) is 12.5 Å². The fourth-order valence-corrected chi connectivity index (χ4v) is 7.54. The smallest absolute Gasteiger partial charge is 0.328 e. The molecule has 0 aromatic carbocycles. The Kier molecular flexibility index (Phi) is 3.42. The summed E-state index contributed by atoms with van der Waals surface area (Å²) >= 11 is 0. The predicted molar refractivity (Wildman–Crippen MR) is 96.2 cm³/mol. The molecule has 0 aliphatic heterocycles. The highest BCUT2D eigenvalue weighted by atomic mass is 16.4. The molecule has 0 unspecified atom stereocenters. The molecule has 2 N–H and O–H groups in total. The number of carbonyl (C=O) groups is 2. The SMILES string of the molecule is C[C@]12CC[C@H]3[C@@H]([C@@H]4C[C@@H]4C4=CC(=O)CC[C@@H]43)[C@@H]1CC[C@@]2(O)/C=C\C(=O)O. The van der Waals surface area contributed by atoms with Gasteiger partial charge in [0.05, 0.1) is 5.60 Å². The third-order valence-corrected chi connectivity index (χ3v) is 8.84. The third-order valence-electron chi connectivity index (χ3n) is 8.84. The lowest BCUT2D eigenvalue weighted by Gasteiger charge is -2.55. The van der Waals surface area contributed by atoms with Crippen molar-refractivity contribution < 1.29 is 19.8 Å². The number of carbonyl (C=O) groups excluding carboxylic acids is 1. The van der Waals surface area contributed by atoms with E-state index in [1.165, 1.54) is 12.0 Å². The van der Waals surface area contributed by atoms with E-state index >= 15 is 0 Å². The van der Waals surface area contributed by atoms with Crippen molar-refractivity contribution in [3.63, 3.8) is 0 Å². The Morgan fingerprint density at radius 2 is 2.00 bits per heavy atom. The molecule has 0 radical (unpaired) electrons. The van der Waals surface area contributed by atoms with E-state index in [0.29, 0.717) is 54.1 Å². The van der Waals surface area contributed by atoms with Gasteiger partial charge in [0.15, 0.2) is 5.78 Å². The van der Waals surface area contributed by atoms with Crippen molar-refractivity contribution in [2.75, 3.05) is 0 Å². The van der Waals surface area contributed by atoms with Gasteiger partial charge in [0.1, 0.15) is 0 Å². The zero-order valence-corrected chi connectivity index (χ0v) is 15.4. The molecule has 4 nitrogen and oxygen atoms in total. The number of ketones is 1. The molecule has 5 aliphatic rings. The van der Waals surface area contributed by atoms with Crippen molar-refractivity contribution in [2.24, 2.45) is 40.9 Å². The molecule has 5 rings (SSSR count). The normalized spacial score (nSPS) is 51.9. The van der Waals surface area contributed by atoms with E-state index in [-0.39, 0.29) is 5.41 Å². The van der Waals surface area contributed by atoms with Crippen LogP contribution < -0.4 is 0 Å². The topological polar surface area (TPSA) is 74.6 Å². The van der Waals surface area contributed by atoms with Crippen LogP contribution in [0.15, 0.2) is 23.8 Å². The number of carboxylic acid groups (broad SMARTS) is 1. The fourth-order valence-electron chi connectivity index (χ4n) is 7.54. The van der Waals surface area contributed by atoms with Crippen molar-refractivity contribution in [3.05, 3.63) is 23.8 Å². The lowest BCUT2D eigenvalue weighted by Crippen LogP contribution is -2.52. The van der Waals surface area contributed by atoms with E-state index in [4.69, 9.17) is 5.11 Å². The van der Waals surface area contributed by atoms with Gasteiger partial charge in [-0.15, -0.1) is 0 Å². The summed E-state index contributed by atoms with van der Waals surface area (Å²) in [4.78, 5) is 22.9. The number of aliphatic carboxylic acids is 1. The molecule has 0 bridgehead atoms. The van der Waals surface area contributed by atoms with Crippen LogP contribution in [0.25, 0.3) is 0 Å². The van der Waals surface area contributed by atoms with Crippen LogP contribution in [0, 0.1) is 40.9 Å². The Balaban J connectivity index is 1.48. The summed E-state index contributed by atoms with van der Waals surface area (Å²) in [7, 11) is 0. The van der Waals surface area contributed by atoms with Crippen LogP contribution in [0.4, 0.5) is 0 Å². The maximum atomic E-state index is 11.9.